The van der Waals surface area contributed by atoms with Gasteiger partial charge in [0.2, 0.25) is 5.91 Å². The molecule has 0 aromatic carbocycles. The molecule has 0 aliphatic heterocycles. The fourth-order valence-electron chi connectivity index (χ4n) is 1.17. The quantitative estimate of drug-likeness (QED) is 0.203. The molecule has 0 radical (unpaired) electrons. The van der Waals surface area contributed by atoms with Gasteiger partial charge >= 0.3 is 0 Å². The molecule has 0 aromatic rings. The highest BCUT2D eigenvalue weighted by Crippen LogP contribution is 2.13. The molecule has 0 rings (SSSR count). The smallest absolute Gasteiger partial charge is 0.220 e. The van der Waals surface area contributed by atoms with Crippen LogP contribution in [0.2, 0.25) is 0 Å². The van der Waals surface area contributed by atoms with Gasteiger partial charge in [-0.1, -0.05) is 38.8 Å². The van der Waals surface area contributed by atoms with Crippen molar-refractivity contribution in [2.75, 3.05) is 6.54 Å². The molecule has 0 unspecified atom stereocenters. The van der Waals surface area contributed by atoms with Crippen molar-refractivity contribution in [2.24, 2.45) is 16.3 Å². The first-order valence-corrected chi connectivity index (χ1v) is 5.68. The van der Waals surface area contributed by atoms with E-state index in [-0.39, 0.29) is 11.7 Å². The molecule has 0 aliphatic carbocycles. The van der Waals surface area contributed by atoms with E-state index in [1.807, 2.05) is 13.8 Å². The standard InChI is InChI=1S/C11H23N3O2/c1-4-5-6-7-9(15)13-8-11(2,3)10(12)14-16/h16H,4-8H2,1-3H3,(H2,12,14)(H,13,15). The van der Waals surface area contributed by atoms with Crippen LogP contribution < -0.4 is 11.1 Å². The second-order valence-electron chi connectivity index (χ2n) is 4.60. The average Bonchev–Trinajstić information content (AvgIpc) is 2.25. The molecule has 16 heavy (non-hydrogen) atoms. The summed E-state index contributed by atoms with van der Waals surface area (Å²) in [5.74, 6) is 0.147. The Balaban J connectivity index is 3.91. The van der Waals surface area contributed by atoms with Gasteiger partial charge < -0.3 is 16.3 Å². The SMILES string of the molecule is CCCCCC(=O)NCC(C)(C)C(N)=NO. The van der Waals surface area contributed by atoms with Crippen LogP contribution in [0.4, 0.5) is 0 Å². The second kappa shape index (κ2) is 7.09. The summed E-state index contributed by atoms with van der Waals surface area (Å²) in [5.41, 5.74) is 4.99. The maximum atomic E-state index is 11.4. The Morgan fingerprint density at radius 3 is 2.56 bits per heavy atom. The molecule has 5 nitrogen and oxygen atoms in total. The van der Waals surface area contributed by atoms with E-state index in [0.717, 1.165) is 19.3 Å². The van der Waals surface area contributed by atoms with Crippen molar-refractivity contribution in [1.82, 2.24) is 5.32 Å². The molecule has 0 heterocycles. The van der Waals surface area contributed by atoms with Crippen molar-refractivity contribution >= 4 is 11.7 Å². The van der Waals surface area contributed by atoms with E-state index < -0.39 is 5.41 Å². The lowest BCUT2D eigenvalue weighted by Gasteiger charge is -2.23. The first-order chi connectivity index (χ1) is 7.44. The van der Waals surface area contributed by atoms with E-state index >= 15 is 0 Å². The lowest BCUT2D eigenvalue weighted by Crippen LogP contribution is -2.42. The number of carbonyl (C=O) groups excluding carboxylic acids is 1. The molecule has 0 aromatic heterocycles. The number of hydrogen-bond donors (Lipinski definition) is 3. The zero-order valence-corrected chi connectivity index (χ0v) is 10.4. The molecular weight excluding hydrogens is 206 g/mol. The number of rotatable bonds is 7. The van der Waals surface area contributed by atoms with Crippen LogP contribution in [-0.2, 0) is 4.79 Å². The molecule has 0 bridgehead atoms. The molecule has 0 saturated heterocycles. The van der Waals surface area contributed by atoms with Crippen LogP contribution in [-0.4, -0.2) is 23.5 Å². The van der Waals surface area contributed by atoms with Crippen molar-refractivity contribution in [2.45, 2.75) is 46.5 Å². The van der Waals surface area contributed by atoms with Gasteiger partial charge in [-0.05, 0) is 6.42 Å². The summed E-state index contributed by atoms with van der Waals surface area (Å²) in [6.45, 7) is 6.11. The highest BCUT2D eigenvalue weighted by molar-refractivity contribution is 5.86. The molecule has 4 N–H and O–H groups in total. The maximum absolute atomic E-state index is 11.4. The molecule has 0 aliphatic rings. The minimum absolute atomic E-state index is 0.0206. The number of nitrogens with zero attached hydrogens (tertiary/aromatic N) is 1. The van der Waals surface area contributed by atoms with Gasteiger partial charge in [-0.3, -0.25) is 4.79 Å². The number of amidine groups is 1. The summed E-state index contributed by atoms with van der Waals surface area (Å²) < 4.78 is 0. The number of nitrogens with two attached hydrogens (primary N) is 1. The number of carbonyl (C=O) groups is 1. The van der Waals surface area contributed by atoms with Crippen LogP contribution in [0.5, 0.6) is 0 Å². The predicted octanol–water partition coefficient (Wildman–Crippen LogP) is 1.46. The fraction of sp³-hybridized carbons (Fsp3) is 0.818. The molecule has 0 spiro atoms. The van der Waals surface area contributed by atoms with Gasteiger partial charge in [-0.2, -0.15) is 0 Å². The predicted molar refractivity (Wildman–Crippen MR) is 64.3 cm³/mol. The van der Waals surface area contributed by atoms with Gasteiger partial charge in [0, 0.05) is 18.4 Å². The number of oxime groups is 1. The Bertz CT molecular complexity index is 250. The van der Waals surface area contributed by atoms with Crippen LogP contribution >= 0.6 is 0 Å². The summed E-state index contributed by atoms with van der Waals surface area (Å²) in [5, 5.41) is 14.3. The average molecular weight is 229 g/mol. The number of unbranched alkanes of at least 4 members (excludes halogenated alkanes) is 2. The second-order valence-corrected chi connectivity index (χ2v) is 4.60. The first-order valence-electron chi connectivity index (χ1n) is 5.68. The third-order valence-corrected chi connectivity index (χ3v) is 2.54. The van der Waals surface area contributed by atoms with Crippen molar-refractivity contribution in [3.63, 3.8) is 0 Å². The Kier molecular flexibility index (Phi) is 6.53. The van der Waals surface area contributed by atoms with Gasteiger partial charge in [-0.25, -0.2) is 0 Å². The third-order valence-electron chi connectivity index (χ3n) is 2.54. The van der Waals surface area contributed by atoms with E-state index in [1.165, 1.54) is 0 Å². The summed E-state index contributed by atoms with van der Waals surface area (Å²) in [4.78, 5) is 11.4. The largest absolute Gasteiger partial charge is 0.409 e. The third kappa shape index (κ3) is 5.58. The van der Waals surface area contributed by atoms with Gasteiger partial charge in [0.1, 0.15) is 5.84 Å². The molecule has 1 amide bonds. The van der Waals surface area contributed by atoms with E-state index in [0.29, 0.717) is 13.0 Å². The summed E-state index contributed by atoms with van der Waals surface area (Å²) in [6, 6.07) is 0. The highest BCUT2D eigenvalue weighted by atomic mass is 16.4. The monoisotopic (exact) mass is 229 g/mol. The van der Waals surface area contributed by atoms with Crippen LogP contribution in [0.25, 0.3) is 0 Å². The Morgan fingerprint density at radius 2 is 2.06 bits per heavy atom. The highest BCUT2D eigenvalue weighted by Gasteiger charge is 2.24. The number of hydrogen-bond acceptors (Lipinski definition) is 3. The molecule has 0 atom stereocenters. The van der Waals surface area contributed by atoms with E-state index in [4.69, 9.17) is 10.9 Å². The minimum atomic E-state index is -0.519. The lowest BCUT2D eigenvalue weighted by atomic mass is 9.92. The molecule has 94 valence electrons. The van der Waals surface area contributed by atoms with Gasteiger partial charge in [0.15, 0.2) is 0 Å². The Labute approximate surface area is 97.1 Å². The van der Waals surface area contributed by atoms with Gasteiger partial charge in [0.05, 0.1) is 0 Å². The maximum Gasteiger partial charge on any atom is 0.220 e. The first kappa shape index (κ1) is 14.7. The van der Waals surface area contributed by atoms with E-state index in [1.54, 1.807) is 0 Å². The molecule has 0 fully saturated rings. The topological polar surface area (TPSA) is 87.7 Å². The lowest BCUT2D eigenvalue weighted by molar-refractivity contribution is -0.121. The van der Waals surface area contributed by atoms with Gasteiger partial charge in [-0.15, -0.1) is 0 Å². The van der Waals surface area contributed by atoms with Crippen LogP contribution in [0.15, 0.2) is 5.16 Å². The normalized spacial score (nSPS) is 12.6. The van der Waals surface area contributed by atoms with Crippen LogP contribution in [0.1, 0.15) is 46.5 Å². The van der Waals surface area contributed by atoms with Crippen LogP contribution in [0.3, 0.4) is 0 Å². The van der Waals surface area contributed by atoms with Gasteiger partial charge in [0.25, 0.3) is 0 Å². The summed E-state index contributed by atoms with van der Waals surface area (Å²) >= 11 is 0. The summed E-state index contributed by atoms with van der Waals surface area (Å²) in [7, 11) is 0. The minimum Gasteiger partial charge on any atom is -0.409 e. The zero-order valence-electron chi connectivity index (χ0n) is 10.4. The van der Waals surface area contributed by atoms with Crippen molar-refractivity contribution < 1.29 is 10.0 Å². The van der Waals surface area contributed by atoms with Crippen molar-refractivity contribution in [1.29, 1.82) is 0 Å². The number of nitrogens with one attached hydrogen (secondary N) is 1. The van der Waals surface area contributed by atoms with E-state index in [9.17, 15) is 4.79 Å². The molecule has 5 heteroatoms. The fourth-order valence-corrected chi connectivity index (χ4v) is 1.17. The van der Waals surface area contributed by atoms with Crippen molar-refractivity contribution in [3.8, 4) is 0 Å². The Hall–Kier alpha value is -1.26. The van der Waals surface area contributed by atoms with E-state index in [2.05, 4.69) is 17.4 Å². The van der Waals surface area contributed by atoms with Crippen LogP contribution in [0, 0.1) is 5.41 Å². The molecule has 0 saturated carbocycles. The Morgan fingerprint density at radius 1 is 1.44 bits per heavy atom. The number of amides is 1. The molecular formula is C11H23N3O2. The summed E-state index contributed by atoms with van der Waals surface area (Å²) in [6.07, 6.45) is 3.62. The van der Waals surface area contributed by atoms with Crippen molar-refractivity contribution in [3.05, 3.63) is 0 Å². The zero-order chi connectivity index (χ0) is 12.6.